The van der Waals surface area contributed by atoms with Crippen LogP contribution in [0.15, 0.2) is 24.5 Å². The molecule has 15 heavy (non-hydrogen) atoms. The molecule has 0 spiro atoms. The van der Waals surface area contributed by atoms with E-state index in [4.69, 9.17) is 18.0 Å². The summed E-state index contributed by atoms with van der Waals surface area (Å²) in [5.41, 5.74) is 8.49. The van der Waals surface area contributed by atoms with Gasteiger partial charge in [0, 0.05) is 11.6 Å². The van der Waals surface area contributed by atoms with Crippen molar-refractivity contribution >= 4 is 28.2 Å². The molecular weight excluding hydrogens is 206 g/mol. The molecule has 0 radical (unpaired) electrons. The Morgan fingerprint density at radius 3 is 2.80 bits per heavy atom. The molecule has 0 amide bonds. The highest BCUT2D eigenvalue weighted by Gasteiger charge is 2.06. The number of nitrogens with zero attached hydrogens (tertiary/aromatic N) is 2. The van der Waals surface area contributed by atoms with Crippen LogP contribution in [0.2, 0.25) is 0 Å². The van der Waals surface area contributed by atoms with Gasteiger partial charge < -0.3 is 10.3 Å². The maximum absolute atomic E-state index is 5.57. The van der Waals surface area contributed by atoms with Crippen LogP contribution in [0.1, 0.15) is 25.5 Å². The van der Waals surface area contributed by atoms with Gasteiger partial charge in [0.1, 0.15) is 4.99 Å². The Morgan fingerprint density at radius 2 is 2.20 bits per heavy atom. The van der Waals surface area contributed by atoms with E-state index in [-0.39, 0.29) is 0 Å². The predicted molar refractivity (Wildman–Crippen MR) is 66.0 cm³/mol. The van der Waals surface area contributed by atoms with Gasteiger partial charge in [-0.05, 0) is 32.0 Å². The molecule has 2 N–H and O–H groups in total. The molecule has 4 heteroatoms. The van der Waals surface area contributed by atoms with Crippen molar-refractivity contribution in [3.8, 4) is 0 Å². The number of hydrogen-bond acceptors (Lipinski definition) is 2. The summed E-state index contributed by atoms with van der Waals surface area (Å²) < 4.78 is 2.12. The first-order valence-corrected chi connectivity index (χ1v) is 5.27. The van der Waals surface area contributed by atoms with E-state index in [0.717, 1.165) is 16.6 Å². The van der Waals surface area contributed by atoms with Crippen LogP contribution in [0.4, 0.5) is 0 Å². The third-order valence-electron chi connectivity index (χ3n) is 2.42. The molecule has 0 bridgehead atoms. The minimum absolute atomic E-state index is 0.408. The molecule has 0 saturated carbocycles. The summed E-state index contributed by atoms with van der Waals surface area (Å²) in [6.07, 6.45) is 1.85. The average molecular weight is 219 g/mol. The third kappa shape index (κ3) is 1.72. The number of aromatic nitrogens is 2. The summed E-state index contributed by atoms with van der Waals surface area (Å²) in [5, 5.41) is 0. The molecule has 1 aromatic heterocycles. The molecular formula is C11H13N3S. The Morgan fingerprint density at radius 1 is 1.47 bits per heavy atom. The van der Waals surface area contributed by atoms with Crippen LogP contribution in [0.3, 0.4) is 0 Å². The van der Waals surface area contributed by atoms with E-state index < -0.39 is 0 Å². The molecule has 2 rings (SSSR count). The van der Waals surface area contributed by atoms with E-state index in [1.165, 1.54) is 0 Å². The second-order valence-corrected chi connectivity index (χ2v) is 4.25. The normalized spacial score (nSPS) is 11.1. The Hall–Kier alpha value is -1.42. The smallest absolute Gasteiger partial charge is 0.104 e. The molecule has 0 atom stereocenters. The van der Waals surface area contributed by atoms with Crippen LogP contribution in [0, 0.1) is 0 Å². The fraction of sp³-hybridized carbons (Fsp3) is 0.273. The standard InChI is InChI=1S/C11H13N3S/c1-7(2)14-6-13-9-5-8(11(12)15)3-4-10(9)14/h3-7H,1-2H3,(H2,12,15). The van der Waals surface area contributed by atoms with E-state index in [1.54, 1.807) is 0 Å². The molecule has 0 aliphatic heterocycles. The molecule has 2 aromatic rings. The summed E-state index contributed by atoms with van der Waals surface area (Å²) in [6.45, 7) is 4.26. The summed E-state index contributed by atoms with van der Waals surface area (Å²) >= 11 is 4.93. The fourth-order valence-electron chi connectivity index (χ4n) is 1.60. The van der Waals surface area contributed by atoms with Crippen molar-refractivity contribution in [1.29, 1.82) is 0 Å². The van der Waals surface area contributed by atoms with Crippen molar-refractivity contribution in [1.82, 2.24) is 9.55 Å². The topological polar surface area (TPSA) is 43.8 Å². The molecule has 0 saturated heterocycles. The molecule has 78 valence electrons. The maximum atomic E-state index is 5.57. The van der Waals surface area contributed by atoms with Crippen molar-refractivity contribution in [2.75, 3.05) is 0 Å². The van der Waals surface area contributed by atoms with Crippen LogP contribution >= 0.6 is 12.2 Å². The highest BCUT2D eigenvalue weighted by atomic mass is 32.1. The molecule has 0 aliphatic carbocycles. The van der Waals surface area contributed by atoms with Gasteiger partial charge in [0.05, 0.1) is 17.4 Å². The number of imidazole rings is 1. The van der Waals surface area contributed by atoms with E-state index in [2.05, 4.69) is 23.4 Å². The summed E-state index contributed by atoms with van der Waals surface area (Å²) in [5.74, 6) is 0. The lowest BCUT2D eigenvalue weighted by Gasteiger charge is -2.07. The van der Waals surface area contributed by atoms with E-state index in [9.17, 15) is 0 Å². The summed E-state index contributed by atoms with van der Waals surface area (Å²) in [6, 6.07) is 6.28. The first-order chi connectivity index (χ1) is 7.09. The maximum Gasteiger partial charge on any atom is 0.104 e. The molecule has 1 aromatic carbocycles. The minimum Gasteiger partial charge on any atom is -0.389 e. The van der Waals surface area contributed by atoms with Gasteiger partial charge in [-0.2, -0.15) is 0 Å². The number of fused-ring (bicyclic) bond motifs is 1. The van der Waals surface area contributed by atoms with Crippen LogP contribution < -0.4 is 5.73 Å². The van der Waals surface area contributed by atoms with E-state index in [0.29, 0.717) is 11.0 Å². The summed E-state index contributed by atoms with van der Waals surface area (Å²) in [4.78, 5) is 4.74. The lowest BCUT2D eigenvalue weighted by atomic mass is 10.2. The monoisotopic (exact) mass is 219 g/mol. The van der Waals surface area contributed by atoms with Crippen molar-refractivity contribution in [2.24, 2.45) is 5.73 Å². The minimum atomic E-state index is 0.408. The summed E-state index contributed by atoms with van der Waals surface area (Å²) in [7, 11) is 0. The Kier molecular flexibility index (Phi) is 2.44. The number of hydrogen-bond donors (Lipinski definition) is 1. The largest absolute Gasteiger partial charge is 0.389 e. The molecule has 0 aliphatic rings. The Balaban J connectivity index is 2.61. The highest BCUT2D eigenvalue weighted by molar-refractivity contribution is 7.80. The first-order valence-electron chi connectivity index (χ1n) is 4.86. The van der Waals surface area contributed by atoms with E-state index >= 15 is 0 Å². The number of nitrogens with two attached hydrogens (primary N) is 1. The Bertz CT molecular complexity index is 514. The second-order valence-electron chi connectivity index (χ2n) is 3.81. The van der Waals surface area contributed by atoms with Gasteiger partial charge in [0.15, 0.2) is 0 Å². The first kappa shape index (κ1) is 10.1. The zero-order chi connectivity index (χ0) is 11.0. The number of rotatable bonds is 2. The van der Waals surface area contributed by atoms with Crippen molar-refractivity contribution in [3.05, 3.63) is 30.1 Å². The Labute approximate surface area is 93.9 Å². The fourth-order valence-corrected chi connectivity index (χ4v) is 1.72. The lowest BCUT2D eigenvalue weighted by molar-refractivity contribution is 0.617. The zero-order valence-electron chi connectivity index (χ0n) is 8.77. The SMILES string of the molecule is CC(C)n1cnc2cc(C(N)=S)ccc21. The van der Waals surface area contributed by atoms with Gasteiger partial charge in [-0.3, -0.25) is 0 Å². The van der Waals surface area contributed by atoms with Gasteiger partial charge in [0.2, 0.25) is 0 Å². The van der Waals surface area contributed by atoms with Crippen molar-refractivity contribution < 1.29 is 0 Å². The lowest BCUT2D eigenvalue weighted by Crippen LogP contribution is -2.09. The van der Waals surface area contributed by atoms with Crippen molar-refractivity contribution in [3.63, 3.8) is 0 Å². The zero-order valence-corrected chi connectivity index (χ0v) is 9.58. The van der Waals surface area contributed by atoms with Crippen LogP contribution in [0.5, 0.6) is 0 Å². The van der Waals surface area contributed by atoms with Crippen molar-refractivity contribution in [2.45, 2.75) is 19.9 Å². The highest BCUT2D eigenvalue weighted by Crippen LogP contribution is 2.18. The van der Waals surface area contributed by atoms with Crippen LogP contribution in [-0.2, 0) is 0 Å². The van der Waals surface area contributed by atoms with Gasteiger partial charge >= 0.3 is 0 Å². The van der Waals surface area contributed by atoms with Gasteiger partial charge in [-0.1, -0.05) is 12.2 Å². The molecule has 3 nitrogen and oxygen atoms in total. The third-order valence-corrected chi connectivity index (χ3v) is 2.65. The van der Waals surface area contributed by atoms with E-state index in [1.807, 2.05) is 24.5 Å². The quantitative estimate of drug-likeness (QED) is 0.788. The van der Waals surface area contributed by atoms with Crippen LogP contribution in [0.25, 0.3) is 11.0 Å². The van der Waals surface area contributed by atoms with Crippen LogP contribution in [-0.4, -0.2) is 14.5 Å². The molecule has 1 heterocycles. The van der Waals surface area contributed by atoms with Gasteiger partial charge in [-0.25, -0.2) is 4.98 Å². The molecule has 0 unspecified atom stereocenters. The number of benzene rings is 1. The number of thiocarbonyl (C=S) groups is 1. The average Bonchev–Trinajstić information content (AvgIpc) is 2.59. The van der Waals surface area contributed by atoms with Gasteiger partial charge in [-0.15, -0.1) is 0 Å². The predicted octanol–water partition coefficient (Wildman–Crippen LogP) is 2.25. The molecule has 0 fully saturated rings. The second kappa shape index (κ2) is 3.62. The van der Waals surface area contributed by atoms with Gasteiger partial charge in [0.25, 0.3) is 0 Å².